The molecule has 1 aliphatic heterocycles. The summed E-state index contributed by atoms with van der Waals surface area (Å²) in [6, 6.07) is 8.75. The number of hydrogen-bond donors (Lipinski definition) is 1. The van der Waals surface area contributed by atoms with Crippen molar-refractivity contribution in [1.29, 1.82) is 0 Å². The zero-order chi connectivity index (χ0) is 21.3. The van der Waals surface area contributed by atoms with E-state index in [1.54, 1.807) is 23.7 Å². The molecule has 4 rings (SSSR count). The van der Waals surface area contributed by atoms with Crippen LogP contribution in [0.15, 0.2) is 30.3 Å². The van der Waals surface area contributed by atoms with Crippen molar-refractivity contribution in [2.45, 2.75) is 52.0 Å². The quantitative estimate of drug-likeness (QED) is 0.687. The number of halogens is 1. The third kappa shape index (κ3) is 3.76. The molecule has 0 unspecified atom stereocenters. The van der Waals surface area contributed by atoms with Crippen LogP contribution in [0.4, 0.5) is 10.1 Å². The molecule has 1 atom stereocenters. The van der Waals surface area contributed by atoms with E-state index in [0.29, 0.717) is 34.7 Å². The van der Waals surface area contributed by atoms with Crippen LogP contribution in [0.1, 0.15) is 55.7 Å². The zero-order valence-corrected chi connectivity index (χ0v) is 17.8. The first-order chi connectivity index (χ1) is 14.5. The molecule has 1 fully saturated rings. The molecule has 1 aromatic carbocycles. The molecule has 3 aromatic rings. The van der Waals surface area contributed by atoms with Crippen LogP contribution in [0.5, 0.6) is 0 Å². The Balaban J connectivity index is 1.75. The van der Waals surface area contributed by atoms with Crippen LogP contribution < -0.4 is 5.32 Å². The summed E-state index contributed by atoms with van der Waals surface area (Å²) in [5, 5.41) is 7.51. The minimum Gasteiger partial charge on any atom is -0.388 e. The van der Waals surface area contributed by atoms with E-state index in [-0.39, 0.29) is 17.8 Å². The Kier molecular flexibility index (Phi) is 5.70. The van der Waals surface area contributed by atoms with Gasteiger partial charge in [-0.3, -0.25) is 4.79 Å². The molecule has 30 heavy (non-hydrogen) atoms. The highest BCUT2D eigenvalue weighted by Crippen LogP contribution is 2.26. The van der Waals surface area contributed by atoms with Crippen molar-refractivity contribution in [3.05, 3.63) is 47.5 Å². The maximum absolute atomic E-state index is 14.6. The van der Waals surface area contributed by atoms with Gasteiger partial charge in [0.1, 0.15) is 11.5 Å². The highest BCUT2D eigenvalue weighted by atomic mass is 19.1. The van der Waals surface area contributed by atoms with Crippen LogP contribution >= 0.6 is 0 Å². The van der Waals surface area contributed by atoms with Gasteiger partial charge in [0.2, 0.25) is 0 Å². The second-order valence-corrected chi connectivity index (χ2v) is 7.93. The first kappa shape index (κ1) is 20.3. The molecule has 1 aliphatic rings. The van der Waals surface area contributed by atoms with Crippen molar-refractivity contribution in [2.24, 2.45) is 0 Å². The number of likely N-dealkylation sites (tertiary alicyclic amines) is 1. The molecule has 1 N–H and O–H groups in total. The topological polar surface area (TPSA) is 62.5 Å². The number of fused-ring (bicyclic) bond motifs is 1. The van der Waals surface area contributed by atoms with Crippen molar-refractivity contribution in [3.8, 4) is 11.3 Å². The normalized spacial score (nSPS) is 17.2. The van der Waals surface area contributed by atoms with Gasteiger partial charge in [-0.2, -0.15) is 5.10 Å². The minimum atomic E-state index is -0.349. The second-order valence-electron chi connectivity index (χ2n) is 7.93. The Bertz CT molecular complexity index is 1080. The zero-order valence-electron chi connectivity index (χ0n) is 17.8. The number of amides is 1. The van der Waals surface area contributed by atoms with Gasteiger partial charge in [0.15, 0.2) is 5.65 Å². The second kappa shape index (κ2) is 8.42. The first-order valence-electron chi connectivity index (χ1n) is 10.7. The molecule has 158 valence electrons. The lowest BCUT2D eigenvalue weighted by molar-refractivity contribution is 0.0692. The van der Waals surface area contributed by atoms with Gasteiger partial charge in [0.05, 0.1) is 5.69 Å². The maximum atomic E-state index is 14.6. The van der Waals surface area contributed by atoms with E-state index in [0.717, 1.165) is 37.9 Å². The predicted octanol–water partition coefficient (Wildman–Crippen LogP) is 4.54. The summed E-state index contributed by atoms with van der Waals surface area (Å²) in [4.78, 5) is 19.8. The summed E-state index contributed by atoms with van der Waals surface area (Å²) < 4.78 is 16.3. The van der Waals surface area contributed by atoms with Crippen LogP contribution in [0.25, 0.3) is 16.9 Å². The van der Waals surface area contributed by atoms with Crippen LogP contribution in [0.2, 0.25) is 0 Å². The number of rotatable bonds is 4. The Labute approximate surface area is 176 Å². The highest BCUT2D eigenvalue weighted by Gasteiger charge is 2.25. The summed E-state index contributed by atoms with van der Waals surface area (Å²) >= 11 is 0. The molecule has 1 saturated heterocycles. The first-order valence-corrected chi connectivity index (χ1v) is 10.7. The van der Waals surface area contributed by atoms with Crippen LogP contribution in [0.3, 0.4) is 0 Å². The number of carbonyl (C=O) groups is 1. The van der Waals surface area contributed by atoms with Crippen molar-refractivity contribution in [3.63, 3.8) is 0 Å². The molecule has 6 nitrogen and oxygen atoms in total. The van der Waals surface area contributed by atoms with Gasteiger partial charge < -0.3 is 10.2 Å². The maximum Gasteiger partial charge on any atom is 0.272 e. The van der Waals surface area contributed by atoms with Crippen molar-refractivity contribution in [1.82, 2.24) is 19.5 Å². The molecular weight excluding hydrogens is 381 g/mol. The molecular formula is C23H28FN5O. The highest BCUT2D eigenvalue weighted by molar-refractivity contribution is 5.93. The minimum absolute atomic E-state index is 0.0334. The summed E-state index contributed by atoms with van der Waals surface area (Å²) in [6.45, 7) is 4.89. The van der Waals surface area contributed by atoms with Crippen LogP contribution in [-0.2, 0) is 6.42 Å². The Morgan fingerprint density at radius 2 is 2.07 bits per heavy atom. The third-order valence-corrected chi connectivity index (χ3v) is 5.93. The number of nitrogens with one attached hydrogen (secondary N) is 1. The fourth-order valence-electron chi connectivity index (χ4n) is 4.13. The number of anilines is 1. The summed E-state index contributed by atoms with van der Waals surface area (Å²) in [5.41, 5.74) is 3.50. The lowest BCUT2D eigenvalue weighted by Gasteiger charge is -2.27. The van der Waals surface area contributed by atoms with Gasteiger partial charge in [-0.05, 0) is 50.5 Å². The fourth-order valence-corrected chi connectivity index (χ4v) is 4.13. The fraction of sp³-hybridized carbons (Fsp3) is 0.435. The monoisotopic (exact) mass is 409 g/mol. The summed E-state index contributed by atoms with van der Waals surface area (Å²) in [6.07, 6.45) is 5.05. The molecule has 0 bridgehead atoms. The Morgan fingerprint density at radius 1 is 1.23 bits per heavy atom. The Morgan fingerprint density at radius 3 is 2.80 bits per heavy atom. The molecule has 0 radical (unpaired) electrons. The molecule has 1 amide bonds. The van der Waals surface area contributed by atoms with Gasteiger partial charge in [-0.15, -0.1) is 0 Å². The van der Waals surface area contributed by atoms with Gasteiger partial charge in [0, 0.05) is 42.6 Å². The van der Waals surface area contributed by atoms with E-state index >= 15 is 0 Å². The average molecular weight is 410 g/mol. The molecule has 7 heteroatoms. The van der Waals surface area contributed by atoms with Gasteiger partial charge in [0.25, 0.3) is 5.91 Å². The van der Waals surface area contributed by atoms with E-state index in [1.807, 2.05) is 24.0 Å². The van der Waals surface area contributed by atoms with Crippen molar-refractivity contribution < 1.29 is 9.18 Å². The lowest BCUT2D eigenvalue weighted by Crippen LogP contribution is -2.38. The number of aromatic nitrogens is 3. The number of benzene rings is 1. The molecule has 0 saturated carbocycles. The number of carbonyl (C=O) groups excluding carboxylic acids is 1. The smallest absolute Gasteiger partial charge is 0.272 e. The van der Waals surface area contributed by atoms with Gasteiger partial charge in [-0.1, -0.05) is 19.8 Å². The third-order valence-electron chi connectivity index (χ3n) is 5.93. The van der Waals surface area contributed by atoms with E-state index in [2.05, 4.69) is 22.3 Å². The van der Waals surface area contributed by atoms with Gasteiger partial charge >= 0.3 is 0 Å². The average Bonchev–Trinajstić information content (AvgIpc) is 3.06. The van der Waals surface area contributed by atoms with E-state index in [9.17, 15) is 9.18 Å². The van der Waals surface area contributed by atoms with Crippen molar-refractivity contribution >= 4 is 17.2 Å². The Hall–Kier alpha value is -2.96. The van der Waals surface area contributed by atoms with E-state index in [1.165, 1.54) is 6.07 Å². The van der Waals surface area contributed by atoms with Crippen molar-refractivity contribution in [2.75, 3.05) is 18.9 Å². The number of hydrogen-bond acceptors (Lipinski definition) is 4. The standard InChI is InChI=1S/C23H28FN5O/c1-4-17-13-21(23(30)28-11-7-5-6-8-15(28)2)26-22-14-20(27-29(17)22)18-10-9-16(25-3)12-19(18)24/h9-10,12-15,25H,4-8,11H2,1-3H3/t15-/m1/s1. The van der Waals surface area contributed by atoms with Gasteiger partial charge in [-0.25, -0.2) is 13.9 Å². The van der Waals surface area contributed by atoms with Crippen LogP contribution in [0, 0.1) is 5.82 Å². The molecule has 0 spiro atoms. The SMILES string of the molecule is CCc1cc(C(=O)N2CCCCC[C@H]2C)nc2cc(-c3ccc(NC)cc3F)nn12. The number of aryl methyl sites for hydroxylation is 1. The molecule has 2 aromatic heterocycles. The largest absolute Gasteiger partial charge is 0.388 e. The van der Waals surface area contributed by atoms with Crippen LogP contribution in [-0.4, -0.2) is 45.0 Å². The predicted molar refractivity (Wildman–Crippen MR) is 116 cm³/mol. The lowest BCUT2D eigenvalue weighted by atomic mass is 10.1. The van der Waals surface area contributed by atoms with E-state index < -0.39 is 0 Å². The molecule has 3 heterocycles. The summed E-state index contributed by atoms with van der Waals surface area (Å²) in [5.74, 6) is -0.383. The number of nitrogens with zero attached hydrogens (tertiary/aromatic N) is 4. The molecule has 0 aliphatic carbocycles. The summed E-state index contributed by atoms with van der Waals surface area (Å²) in [7, 11) is 1.75. The van der Waals surface area contributed by atoms with E-state index in [4.69, 9.17) is 0 Å².